The Morgan fingerprint density at radius 3 is 2.37 bits per heavy atom. The third-order valence-corrected chi connectivity index (χ3v) is 2.13. The van der Waals surface area contributed by atoms with Gasteiger partial charge >= 0.3 is 12.0 Å². The largest absolute Gasteiger partial charge is 0.469 e. The molecule has 3 N–H and O–H groups in total. The van der Waals surface area contributed by atoms with Crippen molar-refractivity contribution < 1.29 is 19.1 Å². The van der Waals surface area contributed by atoms with Crippen LogP contribution < -0.4 is 16.2 Å². The minimum atomic E-state index is -0.572. The zero-order chi connectivity index (χ0) is 14.1. The van der Waals surface area contributed by atoms with Gasteiger partial charge in [-0.3, -0.25) is 15.0 Å². The molecule has 0 heterocycles. The monoisotopic (exact) mass is 265 g/mol. The molecule has 7 heteroatoms. The molecule has 1 aromatic rings. The molecular weight excluding hydrogens is 250 g/mol. The highest BCUT2D eigenvalue weighted by molar-refractivity contribution is 5.91. The van der Waals surface area contributed by atoms with Crippen molar-refractivity contribution in [3.05, 3.63) is 30.3 Å². The van der Waals surface area contributed by atoms with Crippen molar-refractivity contribution >= 4 is 23.6 Å². The summed E-state index contributed by atoms with van der Waals surface area (Å²) in [5, 5.41) is 2.52. The Balaban J connectivity index is 2.23. The van der Waals surface area contributed by atoms with Gasteiger partial charge < -0.3 is 10.1 Å². The second-order valence-electron chi connectivity index (χ2n) is 3.57. The van der Waals surface area contributed by atoms with Gasteiger partial charge in [0.1, 0.15) is 0 Å². The van der Waals surface area contributed by atoms with Gasteiger partial charge in [0, 0.05) is 12.1 Å². The molecule has 3 amide bonds. The second kappa shape index (κ2) is 7.70. The number of esters is 1. The van der Waals surface area contributed by atoms with E-state index >= 15 is 0 Å². The number of hydrogen-bond acceptors (Lipinski definition) is 4. The second-order valence-corrected chi connectivity index (χ2v) is 3.57. The highest BCUT2D eigenvalue weighted by Crippen LogP contribution is 2.03. The lowest BCUT2D eigenvalue weighted by Gasteiger charge is -2.08. The van der Waals surface area contributed by atoms with Crippen LogP contribution >= 0.6 is 0 Å². The number of carbonyl (C=O) groups is 3. The van der Waals surface area contributed by atoms with E-state index in [2.05, 4.69) is 20.9 Å². The molecule has 0 unspecified atom stereocenters. The topological polar surface area (TPSA) is 96.5 Å². The molecule has 1 rings (SSSR count). The third kappa shape index (κ3) is 6.06. The van der Waals surface area contributed by atoms with Gasteiger partial charge in [-0.25, -0.2) is 10.2 Å². The van der Waals surface area contributed by atoms with Gasteiger partial charge in [0.15, 0.2) is 0 Å². The molecule has 102 valence electrons. The van der Waals surface area contributed by atoms with Gasteiger partial charge in [-0.15, -0.1) is 0 Å². The van der Waals surface area contributed by atoms with Crippen molar-refractivity contribution in [3.63, 3.8) is 0 Å². The van der Waals surface area contributed by atoms with E-state index in [1.807, 2.05) is 6.07 Å². The van der Waals surface area contributed by atoms with Crippen molar-refractivity contribution in [1.29, 1.82) is 0 Å². The number of nitrogens with one attached hydrogen (secondary N) is 3. The number of hydrogen-bond donors (Lipinski definition) is 3. The van der Waals surface area contributed by atoms with E-state index in [4.69, 9.17) is 0 Å². The van der Waals surface area contributed by atoms with Gasteiger partial charge in [-0.1, -0.05) is 18.2 Å². The van der Waals surface area contributed by atoms with E-state index in [0.29, 0.717) is 5.69 Å². The maximum absolute atomic E-state index is 11.4. The first kappa shape index (κ1) is 14.5. The number of urea groups is 1. The summed E-state index contributed by atoms with van der Waals surface area (Å²) >= 11 is 0. The van der Waals surface area contributed by atoms with E-state index < -0.39 is 17.9 Å². The Hall–Kier alpha value is -2.57. The van der Waals surface area contributed by atoms with E-state index in [0.717, 1.165) is 0 Å². The van der Waals surface area contributed by atoms with Crippen LogP contribution in [0.25, 0.3) is 0 Å². The Bertz CT molecular complexity index is 448. The summed E-state index contributed by atoms with van der Waals surface area (Å²) in [6, 6.07) is 8.20. The molecule has 0 radical (unpaired) electrons. The standard InChI is InChI=1S/C12H15N3O4/c1-19-11(17)8-7-10(16)14-15-12(18)13-9-5-3-2-4-6-9/h2-6H,7-8H2,1H3,(H,14,16)(H2,13,15,18). The SMILES string of the molecule is COC(=O)CCC(=O)NNC(=O)Nc1ccccc1. The predicted molar refractivity (Wildman–Crippen MR) is 68.0 cm³/mol. The minimum absolute atomic E-state index is 0.0374. The Morgan fingerprint density at radius 2 is 1.74 bits per heavy atom. The van der Waals surface area contributed by atoms with Crippen LogP contribution in [0.2, 0.25) is 0 Å². The first-order chi connectivity index (χ1) is 9.11. The van der Waals surface area contributed by atoms with Crippen molar-refractivity contribution in [2.24, 2.45) is 0 Å². The molecular formula is C12H15N3O4. The van der Waals surface area contributed by atoms with Crippen LogP contribution in [0.15, 0.2) is 30.3 Å². The third-order valence-electron chi connectivity index (χ3n) is 2.13. The Kier molecular flexibility index (Phi) is 5.87. The maximum Gasteiger partial charge on any atom is 0.337 e. The van der Waals surface area contributed by atoms with E-state index in [-0.39, 0.29) is 12.8 Å². The van der Waals surface area contributed by atoms with Crippen LogP contribution in [-0.2, 0) is 14.3 Å². The van der Waals surface area contributed by atoms with Crippen LogP contribution in [-0.4, -0.2) is 25.0 Å². The number of para-hydroxylation sites is 1. The zero-order valence-corrected chi connectivity index (χ0v) is 10.4. The molecule has 1 aromatic carbocycles. The molecule has 0 bridgehead atoms. The molecule has 0 aliphatic heterocycles. The lowest BCUT2D eigenvalue weighted by molar-refractivity contribution is -0.142. The number of methoxy groups -OCH3 is 1. The molecule has 0 aromatic heterocycles. The summed E-state index contributed by atoms with van der Waals surface area (Å²) in [5.74, 6) is -0.961. The fraction of sp³-hybridized carbons (Fsp3) is 0.250. The van der Waals surface area contributed by atoms with Crippen LogP contribution in [0.3, 0.4) is 0 Å². The molecule has 0 aliphatic rings. The average molecular weight is 265 g/mol. The van der Waals surface area contributed by atoms with Crippen molar-refractivity contribution in [3.8, 4) is 0 Å². The first-order valence-corrected chi connectivity index (χ1v) is 5.59. The molecule has 7 nitrogen and oxygen atoms in total. The molecule has 0 spiro atoms. The summed E-state index contributed by atoms with van der Waals surface area (Å²) < 4.78 is 4.39. The number of benzene rings is 1. The minimum Gasteiger partial charge on any atom is -0.469 e. The van der Waals surface area contributed by atoms with Gasteiger partial charge in [0.2, 0.25) is 5.91 Å². The fourth-order valence-electron chi connectivity index (χ4n) is 1.19. The quantitative estimate of drug-likeness (QED) is 0.554. The lowest BCUT2D eigenvalue weighted by atomic mass is 10.3. The van der Waals surface area contributed by atoms with E-state index in [1.54, 1.807) is 24.3 Å². The number of hydrazine groups is 1. The highest BCUT2D eigenvalue weighted by Gasteiger charge is 2.07. The first-order valence-electron chi connectivity index (χ1n) is 5.59. The van der Waals surface area contributed by atoms with Gasteiger partial charge in [0.05, 0.1) is 13.5 Å². The summed E-state index contributed by atoms with van der Waals surface area (Å²) in [5.41, 5.74) is 4.95. The fourth-order valence-corrected chi connectivity index (χ4v) is 1.19. The number of rotatable bonds is 4. The molecule has 19 heavy (non-hydrogen) atoms. The zero-order valence-electron chi connectivity index (χ0n) is 10.4. The van der Waals surface area contributed by atoms with E-state index in [9.17, 15) is 14.4 Å². The Labute approximate surface area is 110 Å². The maximum atomic E-state index is 11.4. The number of ether oxygens (including phenoxy) is 1. The van der Waals surface area contributed by atoms with Gasteiger partial charge in [0.25, 0.3) is 0 Å². The van der Waals surface area contributed by atoms with Crippen molar-refractivity contribution in [1.82, 2.24) is 10.9 Å². The van der Waals surface area contributed by atoms with E-state index in [1.165, 1.54) is 7.11 Å². The number of amides is 3. The normalized spacial score (nSPS) is 9.32. The molecule has 0 saturated carbocycles. The molecule has 0 atom stereocenters. The van der Waals surface area contributed by atoms with Crippen LogP contribution in [0, 0.1) is 0 Å². The Morgan fingerprint density at radius 1 is 1.05 bits per heavy atom. The lowest BCUT2D eigenvalue weighted by Crippen LogP contribution is -2.43. The van der Waals surface area contributed by atoms with Crippen LogP contribution in [0.1, 0.15) is 12.8 Å². The summed E-state index contributed by atoms with van der Waals surface area (Å²) in [4.78, 5) is 33.4. The number of carbonyl (C=O) groups excluding carboxylic acids is 3. The predicted octanol–water partition coefficient (Wildman–Crippen LogP) is 0.792. The summed E-state index contributed by atoms with van der Waals surface area (Å²) in [6.07, 6.45) is -0.0946. The van der Waals surface area contributed by atoms with Crippen molar-refractivity contribution in [2.45, 2.75) is 12.8 Å². The van der Waals surface area contributed by atoms with Gasteiger partial charge in [-0.2, -0.15) is 0 Å². The summed E-state index contributed by atoms with van der Waals surface area (Å²) in [6.45, 7) is 0. The van der Waals surface area contributed by atoms with Gasteiger partial charge in [-0.05, 0) is 12.1 Å². The molecule has 0 aliphatic carbocycles. The highest BCUT2D eigenvalue weighted by atomic mass is 16.5. The molecule has 0 fully saturated rings. The number of anilines is 1. The van der Waals surface area contributed by atoms with Crippen LogP contribution in [0.4, 0.5) is 10.5 Å². The average Bonchev–Trinajstić information content (AvgIpc) is 2.43. The summed E-state index contributed by atoms with van der Waals surface area (Å²) in [7, 11) is 1.24. The molecule has 0 saturated heterocycles. The van der Waals surface area contributed by atoms with Crippen molar-refractivity contribution in [2.75, 3.05) is 12.4 Å². The van der Waals surface area contributed by atoms with Crippen LogP contribution in [0.5, 0.6) is 0 Å². The smallest absolute Gasteiger partial charge is 0.337 e.